The number of alkyl halides is 5. The van der Waals surface area contributed by atoms with E-state index in [1.54, 1.807) is 0 Å². The summed E-state index contributed by atoms with van der Waals surface area (Å²) in [5, 5.41) is 8.95. The van der Waals surface area contributed by atoms with Gasteiger partial charge in [-0.1, -0.05) is 0 Å². The first-order valence-corrected chi connectivity index (χ1v) is 4.83. The van der Waals surface area contributed by atoms with Crippen molar-refractivity contribution < 1.29 is 36.4 Å². The lowest BCUT2D eigenvalue weighted by Gasteiger charge is -2.12. The number of rotatable bonds is 4. The highest BCUT2D eigenvalue weighted by atomic mass is 35.5. The largest absolute Gasteiger partial charge is 0.574 e. The van der Waals surface area contributed by atoms with Crippen LogP contribution in [-0.4, -0.2) is 21.5 Å². The third-order valence-corrected chi connectivity index (χ3v) is 2.00. The van der Waals surface area contributed by atoms with Gasteiger partial charge in [0.25, 0.3) is 11.7 Å². The number of pyridine rings is 1. The summed E-state index contributed by atoms with van der Waals surface area (Å²) in [5.74, 6) is -1.68. The third kappa shape index (κ3) is 3.73. The zero-order valence-corrected chi connectivity index (χ0v) is 9.71. The van der Waals surface area contributed by atoms with Gasteiger partial charge in [-0.25, -0.2) is 13.8 Å². The van der Waals surface area contributed by atoms with Crippen LogP contribution in [0.2, 0.25) is 0 Å². The Bertz CT molecular complexity index is 563. The summed E-state index contributed by atoms with van der Waals surface area (Å²) >= 11 is 4.90. The molecule has 0 saturated heterocycles. The Labute approximate surface area is 111 Å². The van der Waals surface area contributed by atoms with Crippen LogP contribution in [0.3, 0.4) is 0 Å². The van der Waals surface area contributed by atoms with Crippen molar-refractivity contribution in [3.8, 4) is 5.88 Å². The third-order valence-electron chi connectivity index (χ3n) is 1.83. The molecule has 1 aromatic rings. The molecule has 0 aliphatic carbocycles. The Hall–Kier alpha value is -2.04. The van der Waals surface area contributed by atoms with Crippen molar-refractivity contribution in [2.24, 2.45) is 0 Å². The molecule has 6 nitrogen and oxygen atoms in total. The number of ether oxygens (including phenoxy) is 1. The average Bonchev–Trinajstić information content (AvgIpc) is 2.25. The van der Waals surface area contributed by atoms with Gasteiger partial charge in [0.2, 0.25) is 11.6 Å². The quantitative estimate of drug-likeness (QED) is 0.368. The van der Waals surface area contributed by atoms with Gasteiger partial charge in [0.15, 0.2) is 0 Å². The Morgan fingerprint density at radius 2 is 2.00 bits per heavy atom. The molecule has 20 heavy (non-hydrogen) atoms. The van der Waals surface area contributed by atoms with Crippen LogP contribution in [0.4, 0.5) is 27.6 Å². The molecule has 0 saturated carbocycles. The Morgan fingerprint density at radius 3 is 2.35 bits per heavy atom. The summed E-state index contributed by atoms with van der Waals surface area (Å²) in [7, 11) is 0. The number of hydrogen-bond donors (Lipinski definition) is 0. The second-order valence-corrected chi connectivity index (χ2v) is 3.47. The van der Waals surface area contributed by atoms with Gasteiger partial charge >= 0.3 is 12.0 Å². The normalized spacial score (nSPS) is 11.6. The maximum Gasteiger partial charge on any atom is 0.574 e. The molecule has 12 heteroatoms. The van der Waals surface area contributed by atoms with Crippen molar-refractivity contribution in [3.63, 3.8) is 0 Å². The van der Waals surface area contributed by atoms with Gasteiger partial charge in [0, 0.05) is 6.07 Å². The molecule has 0 amide bonds. The number of carbonyl (C=O) groups excluding carboxylic acids is 1. The molecule has 1 heterocycles. The van der Waals surface area contributed by atoms with Crippen LogP contribution >= 0.6 is 11.6 Å². The minimum absolute atomic E-state index is 0.0500. The van der Waals surface area contributed by atoms with Crippen molar-refractivity contribution in [1.82, 2.24) is 4.98 Å². The highest BCUT2D eigenvalue weighted by molar-refractivity contribution is 6.67. The standard InChI is InChI=1S/C8H2ClF5N2O4/c9-5(17)4-3(16(18)19)1-2(6(10)11)7(15-4)20-8(12,13)14/h1,6H. The fourth-order valence-corrected chi connectivity index (χ4v) is 1.27. The van der Waals surface area contributed by atoms with Crippen molar-refractivity contribution in [1.29, 1.82) is 0 Å². The van der Waals surface area contributed by atoms with Crippen molar-refractivity contribution in [2.75, 3.05) is 0 Å². The van der Waals surface area contributed by atoms with Crippen molar-refractivity contribution >= 4 is 22.5 Å². The molecular formula is C8H2ClF5N2O4. The van der Waals surface area contributed by atoms with E-state index >= 15 is 0 Å². The van der Waals surface area contributed by atoms with E-state index < -0.39 is 45.8 Å². The van der Waals surface area contributed by atoms with Gasteiger partial charge in [-0.3, -0.25) is 14.9 Å². The summed E-state index contributed by atoms with van der Waals surface area (Å²) in [4.78, 5) is 22.9. The molecule has 0 fully saturated rings. The summed E-state index contributed by atoms with van der Waals surface area (Å²) in [6, 6.07) is 0.0500. The van der Waals surface area contributed by atoms with Gasteiger partial charge in [-0.2, -0.15) is 0 Å². The molecule has 0 N–H and O–H groups in total. The predicted molar refractivity (Wildman–Crippen MR) is 52.7 cm³/mol. The van der Waals surface area contributed by atoms with Crippen molar-refractivity contribution in [2.45, 2.75) is 12.8 Å². The Morgan fingerprint density at radius 1 is 1.45 bits per heavy atom. The molecule has 1 rings (SSSR count). The molecular weight excluding hydrogens is 319 g/mol. The van der Waals surface area contributed by atoms with E-state index in [-0.39, 0.29) is 6.07 Å². The van der Waals surface area contributed by atoms with E-state index in [1.807, 2.05) is 0 Å². The highest BCUT2D eigenvalue weighted by Crippen LogP contribution is 2.35. The van der Waals surface area contributed by atoms with Crippen LogP contribution < -0.4 is 4.74 Å². The number of nitro groups is 1. The summed E-state index contributed by atoms with van der Waals surface area (Å²) in [6.45, 7) is 0. The maximum absolute atomic E-state index is 12.6. The zero-order valence-electron chi connectivity index (χ0n) is 8.95. The first kappa shape index (κ1) is 16.0. The van der Waals surface area contributed by atoms with Crippen LogP contribution in [0, 0.1) is 10.1 Å². The smallest absolute Gasteiger partial charge is 0.387 e. The lowest BCUT2D eigenvalue weighted by atomic mass is 10.2. The van der Waals surface area contributed by atoms with E-state index in [2.05, 4.69) is 9.72 Å². The minimum Gasteiger partial charge on any atom is -0.387 e. The number of hydrogen-bond acceptors (Lipinski definition) is 5. The first-order chi connectivity index (χ1) is 9.03. The molecule has 0 spiro atoms. The van der Waals surface area contributed by atoms with Gasteiger partial charge in [-0.15, -0.1) is 13.2 Å². The van der Waals surface area contributed by atoms with E-state index in [9.17, 15) is 36.9 Å². The Balaban J connectivity index is 3.53. The summed E-state index contributed by atoms with van der Waals surface area (Å²) in [6.07, 6.45) is -8.92. The molecule has 110 valence electrons. The summed E-state index contributed by atoms with van der Waals surface area (Å²) < 4.78 is 64.4. The maximum atomic E-state index is 12.6. The van der Waals surface area contributed by atoms with E-state index in [0.29, 0.717) is 0 Å². The van der Waals surface area contributed by atoms with Crippen LogP contribution in [-0.2, 0) is 0 Å². The fraction of sp³-hybridized carbons (Fsp3) is 0.250. The monoisotopic (exact) mass is 320 g/mol. The van der Waals surface area contributed by atoms with E-state index in [0.717, 1.165) is 0 Å². The second-order valence-electron chi connectivity index (χ2n) is 3.13. The zero-order chi connectivity index (χ0) is 15.7. The first-order valence-electron chi connectivity index (χ1n) is 4.46. The topological polar surface area (TPSA) is 82.3 Å². The number of carbonyl (C=O) groups is 1. The predicted octanol–water partition coefficient (Wildman–Crippen LogP) is 3.21. The van der Waals surface area contributed by atoms with E-state index in [1.165, 1.54) is 0 Å². The van der Waals surface area contributed by atoms with Crippen LogP contribution in [0.15, 0.2) is 6.07 Å². The lowest BCUT2D eigenvalue weighted by Crippen LogP contribution is -2.20. The molecule has 0 aliphatic heterocycles. The van der Waals surface area contributed by atoms with Crippen LogP contribution in [0.25, 0.3) is 0 Å². The summed E-state index contributed by atoms with van der Waals surface area (Å²) in [5.41, 5.74) is -3.98. The van der Waals surface area contributed by atoms with Gasteiger partial charge in [0.05, 0.1) is 10.5 Å². The van der Waals surface area contributed by atoms with Gasteiger partial charge in [0.1, 0.15) is 0 Å². The van der Waals surface area contributed by atoms with Gasteiger partial charge < -0.3 is 4.74 Å². The average molecular weight is 321 g/mol. The minimum atomic E-state index is -5.38. The number of nitrogens with zero attached hydrogens (tertiary/aromatic N) is 2. The SMILES string of the molecule is O=C(Cl)c1nc(OC(F)(F)F)c(C(F)F)cc1[N+](=O)[O-]. The molecule has 0 bridgehead atoms. The molecule has 0 aliphatic rings. The molecule has 0 atom stereocenters. The molecule has 1 aromatic heterocycles. The lowest BCUT2D eigenvalue weighted by molar-refractivity contribution is -0.385. The van der Waals surface area contributed by atoms with E-state index in [4.69, 9.17) is 11.6 Å². The van der Waals surface area contributed by atoms with Gasteiger partial charge in [-0.05, 0) is 11.6 Å². The number of aromatic nitrogens is 1. The van der Waals surface area contributed by atoms with Crippen LogP contribution in [0.5, 0.6) is 5.88 Å². The van der Waals surface area contributed by atoms with Crippen molar-refractivity contribution in [3.05, 3.63) is 27.4 Å². The second kappa shape index (κ2) is 5.53. The Kier molecular flexibility index (Phi) is 4.43. The molecule has 0 aromatic carbocycles. The fourth-order valence-electron chi connectivity index (χ4n) is 1.13. The molecule has 0 radical (unpaired) electrons. The molecule has 0 unspecified atom stereocenters. The highest BCUT2D eigenvalue weighted by Gasteiger charge is 2.36. The van der Waals surface area contributed by atoms with Crippen LogP contribution in [0.1, 0.15) is 22.5 Å². The number of halogens is 6.